The monoisotopic (exact) mass is 244 g/mol. The van der Waals surface area contributed by atoms with Gasteiger partial charge in [-0.05, 0) is 11.6 Å². The fourth-order valence-corrected chi connectivity index (χ4v) is 1.70. The molecular weight excluding hydrogens is 232 g/mol. The molecule has 1 atom stereocenters. The number of rotatable bonds is 4. The number of aliphatic carboxylic acids is 1. The molecule has 0 radical (unpaired) electrons. The van der Waals surface area contributed by atoms with Crippen molar-refractivity contribution in [3.8, 4) is 0 Å². The zero-order chi connectivity index (χ0) is 13.0. The number of hydrogen-bond donors (Lipinski definition) is 2. The molecule has 2 rings (SSSR count). The number of aromatic nitrogens is 2. The van der Waals surface area contributed by atoms with Gasteiger partial charge in [-0.2, -0.15) is 0 Å². The van der Waals surface area contributed by atoms with Crippen molar-refractivity contribution in [1.29, 1.82) is 0 Å². The molecule has 0 aliphatic heterocycles. The third kappa shape index (κ3) is 2.36. The van der Waals surface area contributed by atoms with Crippen LogP contribution >= 0.6 is 0 Å². The fourth-order valence-electron chi connectivity index (χ4n) is 1.70. The zero-order valence-corrected chi connectivity index (χ0v) is 9.52. The van der Waals surface area contributed by atoms with E-state index >= 15 is 0 Å². The van der Waals surface area contributed by atoms with Crippen LogP contribution in [0.25, 0.3) is 0 Å². The molecule has 0 bridgehead atoms. The van der Waals surface area contributed by atoms with Gasteiger partial charge in [0.2, 0.25) is 0 Å². The van der Waals surface area contributed by atoms with E-state index in [0.29, 0.717) is 11.3 Å². The molecule has 2 N–H and O–H groups in total. The van der Waals surface area contributed by atoms with Gasteiger partial charge in [-0.1, -0.05) is 30.3 Å². The molecule has 5 heteroatoms. The maximum absolute atomic E-state index is 11.3. The summed E-state index contributed by atoms with van der Waals surface area (Å²) in [5, 5.41) is 19.6. The van der Waals surface area contributed by atoms with Crippen molar-refractivity contribution in [2.45, 2.75) is 12.0 Å². The number of carbonyl (C=O) groups is 1. The molecule has 1 aromatic carbocycles. The van der Waals surface area contributed by atoms with Gasteiger partial charge < -0.3 is 10.2 Å². The van der Waals surface area contributed by atoms with Crippen molar-refractivity contribution < 1.29 is 15.0 Å². The van der Waals surface area contributed by atoms with Crippen molar-refractivity contribution in [3.05, 3.63) is 60.2 Å². The first-order valence-electron chi connectivity index (χ1n) is 5.39. The SMILES string of the molecule is O=C(O)[C@](O)(Cc1ccncn1)c1ccccc1. The van der Waals surface area contributed by atoms with Crippen molar-refractivity contribution in [2.75, 3.05) is 0 Å². The summed E-state index contributed by atoms with van der Waals surface area (Å²) in [6, 6.07) is 9.87. The lowest BCUT2D eigenvalue weighted by Crippen LogP contribution is -2.38. The van der Waals surface area contributed by atoms with E-state index in [0.717, 1.165) is 0 Å². The third-order valence-corrected chi connectivity index (χ3v) is 2.69. The van der Waals surface area contributed by atoms with Crippen molar-refractivity contribution in [3.63, 3.8) is 0 Å². The number of carboxylic acids is 1. The van der Waals surface area contributed by atoms with E-state index in [1.165, 1.54) is 12.5 Å². The Morgan fingerprint density at radius 2 is 1.94 bits per heavy atom. The maximum atomic E-state index is 11.3. The van der Waals surface area contributed by atoms with Crippen LogP contribution < -0.4 is 0 Å². The van der Waals surface area contributed by atoms with Gasteiger partial charge in [-0.25, -0.2) is 14.8 Å². The molecule has 0 fully saturated rings. The van der Waals surface area contributed by atoms with E-state index in [9.17, 15) is 15.0 Å². The van der Waals surface area contributed by atoms with Gasteiger partial charge in [0.1, 0.15) is 6.33 Å². The Balaban J connectivity index is 2.37. The Hall–Kier alpha value is -2.27. The van der Waals surface area contributed by atoms with Crippen LogP contribution in [-0.4, -0.2) is 26.2 Å². The summed E-state index contributed by atoms with van der Waals surface area (Å²) < 4.78 is 0. The van der Waals surface area contributed by atoms with Gasteiger partial charge in [-0.3, -0.25) is 0 Å². The third-order valence-electron chi connectivity index (χ3n) is 2.69. The minimum Gasteiger partial charge on any atom is -0.479 e. The highest BCUT2D eigenvalue weighted by Gasteiger charge is 2.38. The second-order valence-corrected chi connectivity index (χ2v) is 3.91. The number of aliphatic hydroxyl groups is 1. The Kier molecular flexibility index (Phi) is 3.34. The molecule has 2 aromatic rings. The molecule has 18 heavy (non-hydrogen) atoms. The highest BCUT2D eigenvalue weighted by molar-refractivity contribution is 5.79. The molecule has 1 heterocycles. The predicted octanol–water partition coefficient (Wildman–Crippen LogP) is 0.992. The van der Waals surface area contributed by atoms with Gasteiger partial charge in [0, 0.05) is 18.3 Å². The van der Waals surface area contributed by atoms with Crippen molar-refractivity contribution in [1.82, 2.24) is 9.97 Å². The minimum atomic E-state index is -1.98. The van der Waals surface area contributed by atoms with Crippen LogP contribution in [0.3, 0.4) is 0 Å². The van der Waals surface area contributed by atoms with E-state index in [1.807, 2.05) is 0 Å². The van der Waals surface area contributed by atoms with Crippen LogP contribution in [0.4, 0.5) is 0 Å². The Bertz CT molecular complexity index is 530. The zero-order valence-electron chi connectivity index (χ0n) is 9.52. The molecular formula is C13H12N2O3. The standard InChI is InChI=1S/C13H12N2O3/c16-12(17)13(18,10-4-2-1-3-5-10)8-11-6-7-14-9-15-11/h1-7,9,18H,8H2,(H,16,17)/t13-/m0/s1. The average molecular weight is 244 g/mol. The summed E-state index contributed by atoms with van der Waals surface area (Å²) in [7, 11) is 0. The Morgan fingerprint density at radius 1 is 1.22 bits per heavy atom. The van der Waals surface area contributed by atoms with Gasteiger partial charge in [0.05, 0.1) is 0 Å². The second-order valence-electron chi connectivity index (χ2n) is 3.91. The van der Waals surface area contributed by atoms with Crippen LogP contribution in [-0.2, 0) is 16.8 Å². The molecule has 0 aliphatic carbocycles. The first-order chi connectivity index (χ1) is 8.63. The van der Waals surface area contributed by atoms with Crippen LogP contribution in [0.1, 0.15) is 11.3 Å². The maximum Gasteiger partial charge on any atom is 0.340 e. The van der Waals surface area contributed by atoms with Crippen molar-refractivity contribution in [2.24, 2.45) is 0 Å². The first kappa shape index (κ1) is 12.2. The summed E-state index contributed by atoms with van der Waals surface area (Å²) in [5.41, 5.74) is -1.18. The van der Waals surface area contributed by atoms with E-state index in [4.69, 9.17) is 0 Å². The van der Waals surface area contributed by atoms with Gasteiger partial charge in [-0.15, -0.1) is 0 Å². The Morgan fingerprint density at radius 3 is 2.50 bits per heavy atom. The largest absolute Gasteiger partial charge is 0.479 e. The molecule has 0 saturated carbocycles. The lowest BCUT2D eigenvalue weighted by atomic mass is 9.89. The number of carboxylic acid groups (broad SMARTS) is 1. The topological polar surface area (TPSA) is 83.3 Å². The van der Waals surface area contributed by atoms with Gasteiger partial charge >= 0.3 is 5.97 Å². The number of benzene rings is 1. The lowest BCUT2D eigenvalue weighted by Gasteiger charge is -2.23. The number of nitrogens with zero attached hydrogens (tertiary/aromatic N) is 2. The fraction of sp³-hybridized carbons (Fsp3) is 0.154. The van der Waals surface area contributed by atoms with E-state index < -0.39 is 11.6 Å². The minimum absolute atomic E-state index is 0.102. The summed E-state index contributed by atoms with van der Waals surface area (Å²) in [6.45, 7) is 0. The van der Waals surface area contributed by atoms with E-state index in [2.05, 4.69) is 9.97 Å². The summed E-state index contributed by atoms with van der Waals surface area (Å²) >= 11 is 0. The van der Waals surface area contributed by atoms with Crippen LogP contribution in [0.5, 0.6) is 0 Å². The van der Waals surface area contributed by atoms with Crippen molar-refractivity contribution >= 4 is 5.97 Å². The molecule has 0 amide bonds. The summed E-state index contributed by atoms with van der Waals surface area (Å²) in [4.78, 5) is 19.0. The predicted molar refractivity (Wildman–Crippen MR) is 63.7 cm³/mol. The smallest absolute Gasteiger partial charge is 0.340 e. The molecule has 92 valence electrons. The highest BCUT2D eigenvalue weighted by atomic mass is 16.4. The molecule has 0 unspecified atom stereocenters. The molecule has 0 spiro atoms. The van der Waals surface area contributed by atoms with E-state index in [-0.39, 0.29) is 6.42 Å². The summed E-state index contributed by atoms with van der Waals surface area (Å²) in [5.74, 6) is -1.30. The van der Waals surface area contributed by atoms with Gasteiger partial charge in [0.15, 0.2) is 5.60 Å². The van der Waals surface area contributed by atoms with Crippen LogP contribution in [0, 0.1) is 0 Å². The number of hydrogen-bond acceptors (Lipinski definition) is 4. The second kappa shape index (κ2) is 4.93. The molecule has 0 aliphatic rings. The van der Waals surface area contributed by atoms with E-state index in [1.54, 1.807) is 36.4 Å². The molecule has 1 aromatic heterocycles. The Labute approximate surface area is 104 Å². The lowest BCUT2D eigenvalue weighted by molar-refractivity contribution is -0.159. The van der Waals surface area contributed by atoms with Crippen LogP contribution in [0.15, 0.2) is 48.9 Å². The van der Waals surface area contributed by atoms with Gasteiger partial charge in [0.25, 0.3) is 0 Å². The normalized spacial score (nSPS) is 13.8. The average Bonchev–Trinajstić information content (AvgIpc) is 2.40. The quantitative estimate of drug-likeness (QED) is 0.838. The van der Waals surface area contributed by atoms with Crippen LogP contribution in [0.2, 0.25) is 0 Å². The first-order valence-corrected chi connectivity index (χ1v) is 5.39. The highest BCUT2D eigenvalue weighted by Crippen LogP contribution is 2.25. The molecule has 0 saturated heterocycles. The summed E-state index contributed by atoms with van der Waals surface area (Å²) in [6.07, 6.45) is 2.73. The molecule has 5 nitrogen and oxygen atoms in total.